The van der Waals surface area contributed by atoms with Crippen LogP contribution < -0.4 is 5.32 Å². The lowest BCUT2D eigenvalue weighted by Gasteiger charge is -2.02. The highest BCUT2D eigenvalue weighted by Gasteiger charge is 2.13. The molecule has 3 aromatic rings. The number of nitrogens with one attached hydrogen (secondary N) is 1. The quantitative estimate of drug-likeness (QED) is 0.717. The van der Waals surface area contributed by atoms with Crippen molar-refractivity contribution in [1.29, 1.82) is 0 Å². The molecule has 1 N–H and O–H groups in total. The van der Waals surface area contributed by atoms with E-state index in [-0.39, 0.29) is 5.91 Å². The molecule has 0 spiro atoms. The zero-order chi connectivity index (χ0) is 16.9. The Morgan fingerprint density at radius 1 is 1.25 bits per heavy atom. The number of carbonyl (C=O) groups excluding carboxylic acids is 1. The number of hydrogen-bond donors (Lipinski definition) is 1. The summed E-state index contributed by atoms with van der Waals surface area (Å²) in [6.07, 6.45) is 5.73. The predicted molar refractivity (Wildman–Crippen MR) is 96.7 cm³/mol. The Kier molecular flexibility index (Phi) is 5.25. The number of amides is 1. The van der Waals surface area contributed by atoms with Crippen LogP contribution in [0, 0.1) is 0 Å². The van der Waals surface area contributed by atoms with Gasteiger partial charge in [-0.1, -0.05) is 26.3 Å². The summed E-state index contributed by atoms with van der Waals surface area (Å²) in [5.41, 5.74) is 2.13. The number of hydrogen-bond acceptors (Lipinski definition) is 4. The van der Waals surface area contributed by atoms with Gasteiger partial charge in [0.1, 0.15) is 5.82 Å². The molecule has 0 saturated heterocycles. The Labute approximate surface area is 145 Å². The van der Waals surface area contributed by atoms with E-state index >= 15 is 0 Å². The molecule has 1 amide bonds. The van der Waals surface area contributed by atoms with Gasteiger partial charge in [0, 0.05) is 24.0 Å². The zero-order valence-electron chi connectivity index (χ0n) is 14.1. The summed E-state index contributed by atoms with van der Waals surface area (Å²) in [7, 11) is 0. The monoisotopic (exact) mass is 342 g/mol. The highest BCUT2D eigenvalue weighted by Crippen LogP contribution is 2.24. The summed E-state index contributed by atoms with van der Waals surface area (Å²) >= 11 is 1.62. The Morgan fingerprint density at radius 3 is 2.92 bits per heavy atom. The van der Waals surface area contributed by atoms with E-state index in [1.54, 1.807) is 11.3 Å². The third-order valence-electron chi connectivity index (χ3n) is 4.00. The van der Waals surface area contributed by atoms with Crippen molar-refractivity contribution in [2.45, 2.75) is 39.5 Å². The van der Waals surface area contributed by atoms with Crippen molar-refractivity contribution in [2.75, 3.05) is 6.54 Å². The largest absolute Gasteiger partial charge is 0.351 e. The number of carbonyl (C=O) groups is 1. The van der Waals surface area contributed by atoms with E-state index < -0.39 is 0 Å². The normalized spacial score (nSPS) is 11.1. The molecule has 6 heteroatoms. The number of thiophene rings is 1. The van der Waals surface area contributed by atoms with Gasteiger partial charge >= 0.3 is 0 Å². The Hall–Kier alpha value is -2.21. The van der Waals surface area contributed by atoms with Gasteiger partial charge in [0.25, 0.3) is 5.91 Å². The number of fused-ring (bicyclic) bond motifs is 1. The van der Waals surface area contributed by atoms with Crippen molar-refractivity contribution < 1.29 is 4.79 Å². The maximum absolute atomic E-state index is 12.4. The molecule has 0 aliphatic carbocycles. The maximum Gasteiger partial charge on any atom is 0.261 e. The highest BCUT2D eigenvalue weighted by atomic mass is 32.1. The maximum atomic E-state index is 12.4. The molecule has 126 valence electrons. The van der Waals surface area contributed by atoms with Gasteiger partial charge in [-0.2, -0.15) is 0 Å². The molecule has 24 heavy (non-hydrogen) atoms. The molecule has 0 aliphatic rings. The molecule has 3 rings (SSSR count). The molecular formula is C18H22N4OS. The predicted octanol–water partition coefficient (Wildman–Crippen LogP) is 3.28. The van der Waals surface area contributed by atoms with Crippen molar-refractivity contribution in [1.82, 2.24) is 19.9 Å². The Morgan fingerprint density at radius 2 is 2.12 bits per heavy atom. The van der Waals surface area contributed by atoms with Crippen LogP contribution in [-0.4, -0.2) is 27.0 Å². The van der Waals surface area contributed by atoms with Gasteiger partial charge in [-0.25, -0.2) is 0 Å². The molecule has 0 fully saturated rings. The second kappa shape index (κ2) is 7.57. The van der Waals surface area contributed by atoms with Crippen LogP contribution in [0.25, 0.3) is 5.65 Å². The number of rotatable bonds is 7. The summed E-state index contributed by atoms with van der Waals surface area (Å²) in [6, 6.07) is 7.84. The van der Waals surface area contributed by atoms with Gasteiger partial charge in [0.05, 0.1) is 4.88 Å². The second-order valence-electron chi connectivity index (χ2n) is 5.71. The number of aryl methyl sites for hydroxylation is 2. The summed E-state index contributed by atoms with van der Waals surface area (Å²) < 4.78 is 1.95. The first-order chi connectivity index (χ1) is 11.7. The summed E-state index contributed by atoms with van der Waals surface area (Å²) in [5, 5.41) is 11.3. The third kappa shape index (κ3) is 3.48. The van der Waals surface area contributed by atoms with Crippen molar-refractivity contribution in [3.8, 4) is 0 Å². The van der Waals surface area contributed by atoms with Gasteiger partial charge < -0.3 is 5.32 Å². The average molecular weight is 342 g/mol. The van der Waals surface area contributed by atoms with Crippen LogP contribution in [0.15, 0.2) is 30.5 Å². The van der Waals surface area contributed by atoms with E-state index in [4.69, 9.17) is 0 Å². The molecule has 0 unspecified atom stereocenters. The van der Waals surface area contributed by atoms with Crippen molar-refractivity contribution >= 4 is 22.9 Å². The fourth-order valence-electron chi connectivity index (χ4n) is 2.75. The average Bonchev–Trinajstić information content (AvgIpc) is 3.19. The first kappa shape index (κ1) is 16.6. The lowest BCUT2D eigenvalue weighted by atomic mass is 10.1. The van der Waals surface area contributed by atoms with Gasteiger partial charge in [-0.3, -0.25) is 9.20 Å². The minimum Gasteiger partial charge on any atom is -0.351 e. The molecule has 3 aromatic heterocycles. The molecular weight excluding hydrogens is 320 g/mol. The van der Waals surface area contributed by atoms with E-state index in [9.17, 15) is 4.79 Å². The molecule has 0 bridgehead atoms. The first-order valence-electron chi connectivity index (χ1n) is 8.41. The van der Waals surface area contributed by atoms with Gasteiger partial charge in [0.2, 0.25) is 0 Å². The number of nitrogens with zero attached hydrogens (tertiary/aromatic N) is 3. The Bertz CT molecular complexity index is 837. The van der Waals surface area contributed by atoms with Crippen molar-refractivity contribution in [2.24, 2.45) is 0 Å². The molecule has 3 heterocycles. The summed E-state index contributed by atoms with van der Waals surface area (Å²) in [6.45, 7) is 4.86. The first-order valence-corrected chi connectivity index (χ1v) is 9.23. The molecule has 0 aromatic carbocycles. The molecule has 0 atom stereocenters. The van der Waals surface area contributed by atoms with Crippen LogP contribution in [0.2, 0.25) is 0 Å². The molecule has 0 aliphatic heterocycles. The SMILES string of the molecule is CCCc1sc(C(=O)NCCc2nnc3ccccn23)cc1CC. The van der Waals surface area contributed by atoms with Crippen LogP contribution in [0.5, 0.6) is 0 Å². The fourth-order valence-corrected chi connectivity index (χ4v) is 4.02. The number of aromatic nitrogens is 3. The van der Waals surface area contributed by atoms with E-state index in [1.807, 2.05) is 34.9 Å². The smallest absolute Gasteiger partial charge is 0.261 e. The zero-order valence-corrected chi connectivity index (χ0v) is 14.9. The summed E-state index contributed by atoms with van der Waals surface area (Å²) in [4.78, 5) is 14.5. The molecule has 0 saturated carbocycles. The van der Waals surface area contributed by atoms with Crippen molar-refractivity contribution in [3.05, 3.63) is 51.6 Å². The highest BCUT2D eigenvalue weighted by molar-refractivity contribution is 7.14. The van der Waals surface area contributed by atoms with Crippen LogP contribution in [0.3, 0.4) is 0 Å². The van der Waals surface area contributed by atoms with Gasteiger partial charge in [0.15, 0.2) is 5.65 Å². The van der Waals surface area contributed by atoms with E-state index in [0.29, 0.717) is 13.0 Å². The summed E-state index contributed by atoms with van der Waals surface area (Å²) in [5.74, 6) is 0.865. The van der Waals surface area contributed by atoms with Crippen LogP contribution in [0.1, 0.15) is 46.2 Å². The van der Waals surface area contributed by atoms with Gasteiger partial charge in [-0.05, 0) is 36.6 Å². The second-order valence-corrected chi connectivity index (χ2v) is 6.85. The minimum absolute atomic E-state index is 0.00544. The molecule has 5 nitrogen and oxygen atoms in total. The fraction of sp³-hybridized carbons (Fsp3) is 0.389. The van der Waals surface area contributed by atoms with Crippen LogP contribution in [0.4, 0.5) is 0 Å². The van der Waals surface area contributed by atoms with Crippen LogP contribution >= 0.6 is 11.3 Å². The number of pyridine rings is 1. The van der Waals surface area contributed by atoms with Crippen LogP contribution in [-0.2, 0) is 19.3 Å². The van der Waals surface area contributed by atoms with E-state index in [0.717, 1.165) is 35.6 Å². The van der Waals surface area contributed by atoms with E-state index in [1.165, 1.54) is 10.4 Å². The lowest BCUT2D eigenvalue weighted by molar-refractivity contribution is 0.0958. The van der Waals surface area contributed by atoms with Crippen molar-refractivity contribution in [3.63, 3.8) is 0 Å². The lowest BCUT2D eigenvalue weighted by Crippen LogP contribution is -2.25. The standard InChI is InChI=1S/C18H22N4OS/c1-3-7-14-13(4-2)12-15(24-14)18(23)19-10-9-17-21-20-16-8-5-6-11-22(16)17/h5-6,8,11-12H,3-4,7,9-10H2,1-2H3,(H,19,23). The van der Waals surface area contributed by atoms with E-state index in [2.05, 4.69) is 29.4 Å². The minimum atomic E-state index is 0.00544. The molecule has 0 radical (unpaired) electrons. The Balaban J connectivity index is 1.61. The topological polar surface area (TPSA) is 59.3 Å². The van der Waals surface area contributed by atoms with Gasteiger partial charge in [-0.15, -0.1) is 21.5 Å². The third-order valence-corrected chi connectivity index (χ3v) is 5.23.